The maximum atomic E-state index is 11.3. The summed E-state index contributed by atoms with van der Waals surface area (Å²) in [4.78, 5) is 13.8. The van der Waals surface area contributed by atoms with E-state index in [4.69, 9.17) is 5.73 Å². The summed E-state index contributed by atoms with van der Waals surface area (Å²) >= 11 is 0. The highest BCUT2D eigenvalue weighted by atomic mass is 16.1. The molecule has 0 bridgehead atoms. The van der Waals surface area contributed by atoms with Gasteiger partial charge < -0.3 is 10.6 Å². The standard InChI is InChI=1S/C16H24N2O/c1-12(19)14-4-6-15(7-5-14)18-11-13(8-9-17)10-16(18,2)3/h4-7,13H,8-11,17H2,1-3H3. The molecular formula is C16H24N2O. The fraction of sp³-hybridized carbons (Fsp3) is 0.562. The van der Waals surface area contributed by atoms with Crippen LogP contribution >= 0.6 is 0 Å². The molecule has 0 amide bonds. The van der Waals surface area contributed by atoms with E-state index < -0.39 is 0 Å². The molecule has 1 aliphatic rings. The van der Waals surface area contributed by atoms with Gasteiger partial charge >= 0.3 is 0 Å². The Hall–Kier alpha value is -1.35. The topological polar surface area (TPSA) is 46.3 Å². The molecule has 0 spiro atoms. The Morgan fingerprint density at radius 1 is 1.37 bits per heavy atom. The summed E-state index contributed by atoms with van der Waals surface area (Å²) in [6.45, 7) is 7.98. The van der Waals surface area contributed by atoms with Crippen molar-refractivity contribution in [1.29, 1.82) is 0 Å². The second-order valence-electron chi connectivity index (χ2n) is 6.17. The zero-order chi connectivity index (χ0) is 14.0. The van der Waals surface area contributed by atoms with Gasteiger partial charge in [-0.05, 0) is 70.3 Å². The SMILES string of the molecule is CC(=O)c1ccc(N2CC(CCN)CC2(C)C)cc1. The lowest BCUT2D eigenvalue weighted by atomic mass is 9.94. The molecule has 2 N–H and O–H groups in total. The normalized spacial score (nSPS) is 21.7. The monoisotopic (exact) mass is 260 g/mol. The number of hydrogen-bond donors (Lipinski definition) is 1. The van der Waals surface area contributed by atoms with Gasteiger partial charge in [0.15, 0.2) is 5.78 Å². The highest BCUT2D eigenvalue weighted by molar-refractivity contribution is 5.94. The van der Waals surface area contributed by atoms with Gasteiger partial charge in [-0.1, -0.05) is 0 Å². The number of rotatable bonds is 4. The first-order valence-electron chi connectivity index (χ1n) is 7.03. The van der Waals surface area contributed by atoms with Gasteiger partial charge in [-0.25, -0.2) is 0 Å². The van der Waals surface area contributed by atoms with Crippen LogP contribution in [-0.2, 0) is 0 Å². The van der Waals surface area contributed by atoms with Gasteiger partial charge in [0, 0.05) is 23.3 Å². The molecular weight excluding hydrogens is 236 g/mol. The predicted molar refractivity (Wildman–Crippen MR) is 79.6 cm³/mol. The van der Waals surface area contributed by atoms with Gasteiger partial charge in [0.05, 0.1) is 0 Å². The Bertz CT molecular complexity index is 450. The molecule has 3 nitrogen and oxygen atoms in total. The number of hydrogen-bond acceptors (Lipinski definition) is 3. The van der Waals surface area contributed by atoms with Crippen LogP contribution in [0.2, 0.25) is 0 Å². The summed E-state index contributed by atoms with van der Waals surface area (Å²) in [7, 11) is 0. The maximum Gasteiger partial charge on any atom is 0.159 e. The van der Waals surface area contributed by atoms with E-state index in [0.717, 1.165) is 25.1 Å². The van der Waals surface area contributed by atoms with Crippen molar-refractivity contribution in [2.24, 2.45) is 11.7 Å². The Balaban J connectivity index is 2.18. The highest BCUT2D eigenvalue weighted by Crippen LogP contribution is 2.37. The summed E-state index contributed by atoms with van der Waals surface area (Å²) in [6, 6.07) is 7.96. The molecule has 2 rings (SSSR count). The molecule has 1 atom stereocenters. The van der Waals surface area contributed by atoms with Crippen LogP contribution in [0.4, 0.5) is 5.69 Å². The molecule has 1 aromatic carbocycles. The second-order valence-corrected chi connectivity index (χ2v) is 6.17. The average Bonchev–Trinajstić information content (AvgIpc) is 2.65. The van der Waals surface area contributed by atoms with Crippen molar-refractivity contribution < 1.29 is 4.79 Å². The van der Waals surface area contributed by atoms with Crippen LogP contribution in [0.5, 0.6) is 0 Å². The van der Waals surface area contributed by atoms with Crippen LogP contribution in [0.25, 0.3) is 0 Å². The van der Waals surface area contributed by atoms with E-state index in [9.17, 15) is 4.79 Å². The Labute approximate surface area is 115 Å². The van der Waals surface area contributed by atoms with E-state index in [2.05, 4.69) is 30.9 Å². The van der Waals surface area contributed by atoms with Crippen LogP contribution in [-0.4, -0.2) is 24.4 Å². The number of benzene rings is 1. The molecule has 1 aliphatic heterocycles. The van der Waals surface area contributed by atoms with E-state index in [-0.39, 0.29) is 11.3 Å². The molecule has 3 heteroatoms. The average molecular weight is 260 g/mol. The zero-order valence-corrected chi connectivity index (χ0v) is 12.1. The summed E-state index contributed by atoms with van der Waals surface area (Å²) in [5, 5.41) is 0. The van der Waals surface area contributed by atoms with Crippen LogP contribution in [0.1, 0.15) is 44.0 Å². The number of carbonyl (C=O) groups is 1. The number of nitrogens with two attached hydrogens (primary N) is 1. The lowest BCUT2D eigenvalue weighted by Gasteiger charge is -2.33. The molecule has 0 aliphatic carbocycles. The van der Waals surface area contributed by atoms with E-state index in [0.29, 0.717) is 5.92 Å². The highest BCUT2D eigenvalue weighted by Gasteiger charge is 2.37. The second kappa shape index (κ2) is 5.33. The molecule has 0 radical (unpaired) electrons. The molecule has 0 aromatic heterocycles. The smallest absolute Gasteiger partial charge is 0.159 e. The predicted octanol–water partition coefficient (Wildman–Crippen LogP) is 2.84. The lowest BCUT2D eigenvalue weighted by molar-refractivity contribution is 0.101. The molecule has 0 saturated carbocycles. The van der Waals surface area contributed by atoms with Crippen molar-refractivity contribution in [3.63, 3.8) is 0 Å². The van der Waals surface area contributed by atoms with Crippen LogP contribution in [0.3, 0.4) is 0 Å². The van der Waals surface area contributed by atoms with Crippen LogP contribution < -0.4 is 10.6 Å². The Morgan fingerprint density at radius 2 is 2.00 bits per heavy atom. The van der Waals surface area contributed by atoms with Gasteiger partial charge in [0.1, 0.15) is 0 Å². The molecule has 19 heavy (non-hydrogen) atoms. The first kappa shape index (κ1) is 14.1. The van der Waals surface area contributed by atoms with Gasteiger partial charge in [-0.15, -0.1) is 0 Å². The van der Waals surface area contributed by atoms with Crippen molar-refractivity contribution in [1.82, 2.24) is 0 Å². The summed E-state index contributed by atoms with van der Waals surface area (Å²) < 4.78 is 0. The lowest BCUT2D eigenvalue weighted by Crippen LogP contribution is -2.38. The fourth-order valence-electron chi connectivity index (χ4n) is 3.15. The minimum absolute atomic E-state index is 0.119. The molecule has 1 saturated heterocycles. The van der Waals surface area contributed by atoms with Crippen molar-refractivity contribution in [3.05, 3.63) is 29.8 Å². The molecule has 1 unspecified atom stereocenters. The van der Waals surface area contributed by atoms with Crippen LogP contribution in [0, 0.1) is 5.92 Å². The minimum Gasteiger partial charge on any atom is -0.366 e. The summed E-state index contributed by atoms with van der Waals surface area (Å²) in [6.07, 6.45) is 2.27. The molecule has 1 aromatic rings. The number of anilines is 1. The minimum atomic E-state index is 0.119. The summed E-state index contributed by atoms with van der Waals surface area (Å²) in [5.41, 5.74) is 7.82. The summed E-state index contributed by atoms with van der Waals surface area (Å²) in [5.74, 6) is 0.792. The van der Waals surface area contributed by atoms with E-state index in [1.165, 1.54) is 12.1 Å². The number of nitrogens with zero attached hydrogens (tertiary/aromatic N) is 1. The first-order chi connectivity index (χ1) is 8.94. The quantitative estimate of drug-likeness (QED) is 0.847. The van der Waals surface area contributed by atoms with Crippen LogP contribution in [0.15, 0.2) is 24.3 Å². The van der Waals surface area contributed by atoms with Crippen molar-refractivity contribution in [3.8, 4) is 0 Å². The number of ketones is 1. The zero-order valence-electron chi connectivity index (χ0n) is 12.1. The van der Waals surface area contributed by atoms with Crippen molar-refractivity contribution >= 4 is 11.5 Å². The van der Waals surface area contributed by atoms with Gasteiger partial charge in [0.25, 0.3) is 0 Å². The van der Waals surface area contributed by atoms with E-state index >= 15 is 0 Å². The third-order valence-electron chi connectivity index (χ3n) is 4.12. The van der Waals surface area contributed by atoms with E-state index in [1.54, 1.807) is 6.92 Å². The fourth-order valence-corrected chi connectivity index (χ4v) is 3.15. The number of carbonyl (C=O) groups excluding carboxylic acids is 1. The van der Waals surface area contributed by atoms with E-state index in [1.807, 2.05) is 12.1 Å². The Kier molecular flexibility index (Phi) is 3.95. The maximum absolute atomic E-state index is 11.3. The van der Waals surface area contributed by atoms with Crippen molar-refractivity contribution in [2.75, 3.05) is 18.0 Å². The third kappa shape index (κ3) is 2.98. The third-order valence-corrected chi connectivity index (χ3v) is 4.12. The Morgan fingerprint density at radius 3 is 2.53 bits per heavy atom. The van der Waals surface area contributed by atoms with Crippen molar-refractivity contribution in [2.45, 2.75) is 39.2 Å². The van der Waals surface area contributed by atoms with Gasteiger partial charge in [-0.3, -0.25) is 4.79 Å². The molecule has 1 heterocycles. The largest absolute Gasteiger partial charge is 0.366 e. The van der Waals surface area contributed by atoms with Gasteiger partial charge in [0.2, 0.25) is 0 Å². The molecule has 1 fully saturated rings. The number of Topliss-reactive ketones (excluding diaryl/α,β-unsaturated/α-hetero) is 1. The molecule has 104 valence electrons. The first-order valence-corrected chi connectivity index (χ1v) is 7.03. The van der Waals surface area contributed by atoms with Gasteiger partial charge in [-0.2, -0.15) is 0 Å².